The number of nitrogens with one attached hydrogen (secondary N) is 4. The quantitative estimate of drug-likeness (QED) is 0.0589. The van der Waals surface area contributed by atoms with Gasteiger partial charge < -0.3 is 15.4 Å². The summed E-state index contributed by atoms with van der Waals surface area (Å²) in [6.07, 6.45) is 1.32. The summed E-state index contributed by atoms with van der Waals surface area (Å²) in [6, 6.07) is 5.30. The highest BCUT2D eigenvalue weighted by Crippen LogP contribution is 2.37. The Hall–Kier alpha value is -3.20. The highest BCUT2D eigenvalue weighted by molar-refractivity contribution is 6.20. The van der Waals surface area contributed by atoms with Crippen LogP contribution in [0.1, 0.15) is 29.8 Å². The van der Waals surface area contributed by atoms with Gasteiger partial charge >= 0.3 is 5.97 Å². The van der Waals surface area contributed by atoms with Crippen LogP contribution >= 0.6 is 0 Å². The van der Waals surface area contributed by atoms with Gasteiger partial charge in [0.25, 0.3) is 5.91 Å². The Kier molecular flexibility index (Phi) is 5.18. The third kappa shape index (κ3) is 3.83. The maximum absolute atomic E-state index is 11.8. The number of rotatable bonds is 6. The Bertz CT molecular complexity index is 769. The van der Waals surface area contributed by atoms with E-state index in [1.807, 2.05) is 25.3 Å². The molecule has 1 aromatic rings. The number of cyclic esters (lactones) is 1. The van der Waals surface area contributed by atoms with Gasteiger partial charge in [-0.3, -0.25) is 15.6 Å². The van der Waals surface area contributed by atoms with Crippen molar-refractivity contribution >= 4 is 30.1 Å². The van der Waals surface area contributed by atoms with Crippen molar-refractivity contribution in [2.24, 2.45) is 10.8 Å². The monoisotopic (exact) mass is 344 g/mol. The molecule has 132 valence electrons. The van der Waals surface area contributed by atoms with E-state index in [9.17, 15) is 9.59 Å². The highest BCUT2D eigenvalue weighted by Gasteiger charge is 2.37. The summed E-state index contributed by atoms with van der Waals surface area (Å²) in [7, 11) is 0. The number of hydrazine groups is 1. The highest BCUT2D eigenvalue weighted by atomic mass is 16.6. The number of anilines is 1. The SMILES string of the molecule is C=NC(=N)/C(=C\NCNc1ccc2c(c1)C(C)(C)OC2=O)C(=O)NN. The first-order valence-electron chi connectivity index (χ1n) is 7.42. The molecule has 1 heterocycles. The number of amidine groups is 1. The molecular formula is C16H20N6O3. The number of nitrogens with zero attached hydrogens (tertiary/aromatic N) is 1. The molecule has 0 aromatic heterocycles. The lowest BCUT2D eigenvalue weighted by Gasteiger charge is -2.18. The number of carbonyl (C=O) groups excluding carboxylic acids is 2. The molecule has 1 amide bonds. The van der Waals surface area contributed by atoms with Crippen molar-refractivity contribution in [3.63, 3.8) is 0 Å². The molecule has 0 fully saturated rings. The van der Waals surface area contributed by atoms with Crippen molar-refractivity contribution in [1.82, 2.24) is 10.7 Å². The molecule has 0 radical (unpaired) electrons. The zero-order valence-electron chi connectivity index (χ0n) is 14.0. The molecule has 0 saturated carbocycles. The van der Waals surface area contributed by atoms with E-state index >= 15 is 0 Å². The Labute approximate surface area is 144 Å². The minimum absolute atomic E-state index is 0.0478. The second-order valence-electron chi connectivity index (χ2n) is 5.76. The summed E-state index contributed by atoms with van der Waals surface area (Å²) >= 11 is 0. The maximum Gasteiger partial charge on any atom is 0.339 e. The van der Waals surface area contributed by atoms with Gasteiger partial charge in [0.1, 0.15) is 11.2 Å². The topological polar surface area (TPSA) is 142 Å². The first-order chi connectivity index (χ1) is 11.8. The average molecular weight is 344 g/mol. The lowest BCUT2D eigenvalue weighted by atomic mass is 9.95. The Morgan fingerprint density at radius 3 is 2.84 bits per heavy atom. The van der Waals surface area contributed by atoms with Crippen molar-refractivity contribution in [3.8, 4) is 0 Å². The number of esters is 1. The van der Waals surface area contributed by atoms with Crippen LogP contribution in [0.4, 0.5) is 5.69 Å². The van der Waals surface area contributed by atoms with Crippen molar-refractivity contribution in [1.29, 1.82) is 5.41 Å². The van der Waals surface area contributed by atoms with Gasteiger partial charge in [0, 0.05) is 17.5 Å². The molecule has 0 saturated heterocycles. The van der Waals surface area contributed by atoms with Crippen LogP contribution in [0, 0.1) is 5.41 Å². The van der Waals surface area contributed by atoms with Crippen LogP contribution in [-0.4, -0.2) is 31.1 Å². The van der Waals surface area contributed by atoms with Gasteiger partial charge in [-0.25, -0.2) is 15.6 Å². The van der Waals surface area contributed by atoms with Crippen LogP contribution in [0.15, 0.2) is 35.0 Å². The van der Waals surface area contributed by atoms with Gasteiger partial charge in [0.2, 0.25) is 0 Å². The van der Waals surface area contributed by atoms with E-state index in [0.717, 1.165) is 11.3 Å². The number of ether oxygens (including phenoxy) is 1. The average Bonchev–Trinajstić information content (AvgIpc) is 2.82. The second-order valence-corrected chi connectivity index (χ2v) is 5.76. The molecular weight excluding hydrogens is 324 g/mol. The van der Waals surface area contributed by atoms with E-state index in [2.05, 4.69) is 22.3 Å². The van der Waals surface area contributed by atoms with Crippen molar-refractivity contribution < 1.29 is 14.3 Å². The first kappa shape index (κ1) is 18.1. The van der Waals surface area contributed by atoms with Gasteiger partial charge in [0.15, 0.2) is 5.84 Å². The van der Waals surface area contributed by atoms with Crippen LogP contribution in [0.3, 0.4) is 0 Å². The van der Waals surface area contributed by atoms with Crippen molar-refractivity contribution in [2.75, 3.05) is 12.0 Å². The molecule has 2 rings (SSSR count). The molecule has 0 bridgehead atoms. The van der Waals surface area contributed by atoms with Gasteiger partial charge in [0.05, 0.1) is 12.2 Å². The lowest BCUT2D eigenvalue weighted by Crippen LogP contribution is -2.34. The molecule has 0 spiro atoms. The molecule has 6 N–H and O–H groups in total. The summed E-state index contributed by atoms with van der Waals surface area (Å²) < 4.78 is 5.32. The number of nitrogens with two attached hydrogens (primary N) is 1. The smallest absolute Gasteiger partial charge is 0.339 e. The van der Waals surface area contributed by atoms with E-state index < -0.39 is 11.5 Å². The van der Waals surface area contributed by atoms with Gasteiger partial charge in [-0.05, 0) is 38.8 Å². The van der Waals surface area contributed by atoms with Crippen LogP contribution in [0.5, 0.6) is 0 Å². The minimum Gasteiger partial charge on any atom is -0.451 e. The Balaban J connectivity index is 2.04. The fourth-order valence-electron chi connectivity index (χ4n) is 2.38. The van der Waals surface area contributed by atoms with E-state index in [1.165, 1.54) is 6.20 Å². The van der Waals surface area contributed by atoms with E-state index in [4.69, 9.17) is 16.0 Å². The molecule has 0 atom stereocenters. The van der Waals surface area contributed by atoms with E-state index in [1.54, 1.807) is 12.1 Å². The predicted molar refractivity (Wildman–Crippen MR) is 94.2 cm³/mol. The number of carbonyl (C=O) groups is 2. The summed E-state index contributed by atoms with van der Waals surface area (Å²) in [5, 5.41) is 13.5. The third-order valence-corrected chi connectivity index (χ3v) is 3.67. The van der Waals surface area contributed by atoms with Crippen LogP contribution < -0.4 is 21.9 Å². The summed E-state index contributed by atoms with van der Waals surface area (Å²) in [6.45, 7) is 7.12. The van der Waals surface area contributed by atoms with Gasteiger partial charge in [-0.2, -0.15) is 0 Å². The standard InChI is InChI=1S/C16H20N6O3/c1-16(2)12-6-9(4-5-10(12)15(24)25-16)21-8-20-7-11(13(17)19-3)14(23)22-18/h4-7,17,20-21H,3,8,18H2,1-2H3,(H,22,23)/b11-7+,17-13?. The number of hydrogen-bond donors (Lipinski definition) is 5. The number of hydrogen-bond acceptors (Lipinski definition) is 7. The fourth-order valence-corrected chi connectivity index (χ4v) is 2.38. The molecule has 9 heteroatoms. The van der Waals surface area contributed by atoms with Crippen LogP contribution in [0.2, 0.25) is 0 Å². The second kappa shape index (κ2) is 7.14. The Morgan fingerprint density at radius 2 is 2.20 bits per heavy atom. The van der Waals surface area contributed by atoms with E-state index in [-0.39, 0.29) is 24.0 Å². The van der Waals surface area contributed by atoms with Gasteiger partial charge in [-0.15, -0.1) is 0 Å². The number of fused-ring (bicyclic) bond motifs is 1. The number of amides is 1. The predicted octanol–water partition coefficient (Wildman–Crippen LogP) is 0.603. The zero-order valence-corrected chi connectivity index (χ0v) is 14.0. The largest absolute Gasteiger partial charge is 0.451 e. The van der Waals surface area contributed by atoms with Crippen LogP contribution in [0.25, 0.3) is 0 Å². The lowest BCUT2D eigenvalue weighted by molar-refractivity contribution is -0.117. The normalized spacial score (nSPS) is 15.0. The van der Waals surface area contributed by atoms with Crippen molar-refractivity contribution in [2.45, 2.75) is 19.4 Å². The summed E-state index contributed by atoms with van der Waals surface area (Å²) in [4.78, 5) is 26.7. The molecule has 0 unspecified atom stereocenters. The molecule has 1 aromatic carbocycles. The molecule has 9 nitrogen and oxygen atoms in total. The number of benzene rings is 1. The number of aliphatic imine (C=N–C) groups is 1. The summed E-state index contributed by atoms with van der Waals surface area (Å²) in [5.74, 6) is 3.78. The fraction of sp³-hybridized carbons (Fsp3) is 0.250. The van der Waals surface area contributed by atoms with Crippen LogP contribution in [-0.2, 0) is 15.1 Å². The van der Waals surface area contributed by atoms with Crippen molar-refractivity contribution in [3.05, 3.63) is 41.1 Å². The first-order valence-corrected chi connectivity index (χ1v) is 7.42. The molecule has 1 aliphatic heterocycles. The minimum atomic E-state index is -0.672. The zero-order chi connectivity index (χ0) is 18.6. The molecule has 0 aliphatic carbocycles. The Morgan fingerprint density at radius 1 is 1.48 bits per heavy atom. The van der Waals surface area contributed by atoms with E-state index in [0.29, 0.717) is 5.56 Å². The third-order valence-electron chi connectivity index (χ3n) is 3.67. The maximum atomic E-state index is 11.8. The van der Waals surface area contributed by atoms with Gasteiger partial charge in [-0.1, -0.05) is 0 Å². The molecule has 1 aliphatic rings. The summed E-state index contributed by atoms with van der Waals surface area (Å²) in [5.41, 5.74) is 3.35. The molecule has 25 heavy (non-hydrogen) atoms.